The summed E-state index contributed by atoms with van der Waals surface area (Å²) in [5, 5.41) is 0. The number of hydrogen-bond donors (Lipinski definition) is 0. The summed E-state index contributed by atoms with van der Waals surface area (Å²) in [6.07, 6.45) is 10.6. The second-order valence-electron chi connectivity index (χ2n) is 7.41. The molecule has 3 heterocycles. The Kier molecular flexibility index (Phi) is 4.90. The van der Waals surface area contributed by atoms with Crippen LogP contribution in [0.15, 0.2) is 24.5 Å². The van der Waals surface area contributed by atoms with Gasteiger partial charge in [-0.3, -0.25) is 4.79 Å². The minimum Gasteiger partial charge on any atom is -0.351 e. The van der Waals surface area contributed by atoms with Crippen LogP contribution < -0.4 is 0 Å². The Bertz CT molecular complexity index is 523. The monoisotopic (exact) mass is 332 g/mol. The van der Waals surface area contributed by atoms with E-state index in [-0.39, 0.29) is 12.2 Å². The van der Waals surface area contributed by atoms with E-state index in [0.717, 1.165) is 51.6 Å². The first-order valence-electron chi connectivity index (χ1n) is 9.46. The number of aromatic nitrogens is 1. The highest BCUT2D eigenvalue weighted by Gasteiger charge is 2.35. The molecule has 0 aromatic carbocycles. The number of nitrogens with zero attached hydrogens (tertiary/aromatic N) is 2. The number of piperidine rings is 1. The van der Waals surface area contributed by atoms with Gasteiger partial charge < -0.3 is 18.9 Å². The van der Waals surface area contributed by atoms with E-state index in [0.29, 0.717) is 31.1 Å². The van der Waals surface area contributed by atoms with Crippen LogP contribution in [0.2, 0.25) is 0 Å². The molecule has 1 saturated carbocycles. The average Bonchev–Trinajstić information content (AvgIpc) is 3.35. The minimum absolute atomic E-state index is 0.0285. The van der Waals surface area contributed by atoms with Crippen molar-refractivity contribution in [2.24, 2.45) is 11.8 Å². The molecule has 4 rings (SSSR count). The molecule has 1 aromatic heterocycles. The number of hydrogen-bond acceptors (Lipinski definition) is 3. The van der Waals surface area contributed by atoms with E-state index in [9.17, 15) is 4.79 Å². The van der Waals surface area contributed by atoms with Gasteiger partial charge in [0.1, 0.15) is 0 Å². The minimum atomic E-state index is -0.0285. The lowest BCUT2D eigenvalue weighted by Crippen LogP contribution is -2.44. The topological polar surface area (TPSA) is 43.7 Å². The summed E-state index contributed by atoms with van der Waals surface area (Å²) >= 11 is 0. The normalized spacial score (nSPS) is 29.9. The van der Waals surface area contributed by atoms with Gasteiger partial charge in [-0.1, -0.05) is 0 Å². The molecular formula is C19H28N2O3. The predicted molar refractivity (Wildman–Crippen MR) is 90.4 cm³/mol. The van der Waals surface area contributed by atoms with E-state index >= 15 is 0 Å². The molecule has 3 aliphatic rings. The van der Waals surface area contributed by atoms with Crippen molar-refractivity contribution < 1.29 is 14.3 Å². The highest BCUT2D eigenvalue weighted by Crippen LogP contribution is 2.34. The van der Waals surface area contributed by atoms with E-state index in [1.54, 1.807) is 0 Å². The molecular weight excluding hydrogens is 304 g/mol. The maximum atomic E-state index is 12.8. The molecule has 0 unspecified atom stereocenters. The zero-order chi connectivity index (χ0) is 16.4. The van der Waals surface area contributed by atoms with Gasteiger partial charge in [0, 0.05) is 43.4 Å². The van der Waals surface area contributed by atoms with Crippen LogP contribution in [-0.2, 0) is 14.3 Å². The summed E-state index contributed by atoms with van der Waals surface area (Å²) in [6.45, 7) is 3.16. The number of carbonyl (C=O) groups excluding carboxylic acids is 1. The Balaban J connectivity index is 1.25. The Morgan fingerprint density at radius 1 is 0.875 bits per heavy atom. The third kappa shape index (κ3) is 3.38. The highest BCUT2D eigenvalue weighted by atomic mass is 16.7. The van der Waals surface area contributed by atoms with E-state index in [1.165, 1.54) is 0 Å². The van der Waals surface area contributed by atoms with Crippen LogP contribution in [-0.4, -0.2) is 48.0 Å². The molecule has 0 atom stereocenters. The van der Waals surface area contributed by atoms with Crippen molar-refractivity contribution in [1.82, 2.24) is 9.47 Å². The molecule has 2 aliphatic heterocycles. The van der Waals surface area contributed by atoms with Crippen molar-refractivity contribution in [2.75, 3.05) is 26.3 Å². The highest BCUT2D eigenvalue weighted by molar-refractivity contribution is 5.79. The molecule has 0 bridgehead atoms. The van der Waals surface area contributed by atoms with E-state index in [2.05, 4.69) is 34.0 Å². The molecule has 0 N–H and O–H groups in total. The summed E-state index contributed by atoms with van der Waals surface area (Å²) in [5.74, 6) is 1.07. The van der Waals surface area contributed by atoms with Crippen LogP contribution in [0, 0.1) is 11.8 Å². The third-order valence-corrected chi connectivity index (χ3v) is 5.98. The van der Waals surface area contributed by atoms with E-state index in [4.69, 9.17) is 9.47 Å². The summed E-state index contributed by atoms with van der Waals surface area (Å²) in [6, 6.07) is 4.74. The van der Waals surface area contributed by atoms with Crippen molar-refractivity contribution in [1.29, 1.82) is 0 Å². The largest absolute Gasteiger partial charge is 0.351 e. The number of carbonyl (C=O) groups is 1. The number of likely N-dealkylation sites (tertiary alicyclic amines) is 1. The van der Waals surface area contributed by atoms with Crippen LogP contribution >= 0.6 is 0 Å². The number of ether oxygens (including phenoxy) is 2. The summed E-state index contributed by atoms with van der Waals surface area (Å²) in [4.78, 5) is 14.9. The fraction of sp³-hybridized carbons (Fsp3) is 0.737. The van der Waals surface area contributed by atoms with Gasteiger partial charge in [0.05, 0.1) is 13.2 Å². The number of amides is 1. The zero-order valence-corrected chi connectivity index (χ0v) is 14.3. The zero-order valence-electron chi connectivity index (χ0n) is 14.3. The van der Waals surface area contributed by atoms with Gasteiger partial charge in [-0.2, -0.15) is 0 Å². The summed E-state index contributed by atoms with van der Waals surface area (Å²) in [7, 11) is 0. The third-order valence-electron chi connectivity index (χ3n) is 5.98. The van der Waals surface area contributed by atoms with Crippen LogP contribution in [0.4, 0.5) is 0 Å². The molecule has 3 fully saturated rings. The fourth-order valence-corrected chi connectivity index (χ4v) is 4.51. The molecule has 0 radical (unpaired) electrons. The van der Waals surface area contributed by atoms with Gasteiger partial charge in [0.2, 0.25) is 5.91 Å². The van der Waals surface area contributed by atoms with Crippen LogP contribution in [0.3, 0.4) is 0 Å². The lowest BCUT2D eigenvalue weighted by Gasteiger charge is -2.37. The first-order chi connectivity index (χ1) is 11.8. The van der Waals surface area contributed by atoms with Crippen LogP contribution in [0.25, 0.3) is 0 Å². The standard InChI is InChI=1S/C19H28N2O3/c22-18(15-3-5-17(6-4-15)20-9-1-2-10-20)21-11-7-16(8-12-21)19-23-13-14-24-19/h1-2,9-10,15-17,19H,3-8,11-14H2. The van der Waals surface area contributed by atoms with Crippen LogP contribution in [0.1, 0.15) is 44.6 Å². The Morgan fingerprint density at radius 3 is 2.12 bits per heavy atom. The van der Waals surface area contributed by atoms with Gasteiger partial charge >= 0.3 is 0 Å². The maximum absolute atomic E-state index is 12.8. The Morgan fingerprint density at radius 2 is 1.50 bits per heavy atom. The fourth-order valence-electron chi connectivity index (χ4n) is 4.51. The summed E-state index contributed by atoms with van der Waals surface area (Å²) in [5.41, 5.74) is 0. The molecule has 5 heteroatoms. The Labute approximate surface area is 143 Å². The molecule has 5 nitrogen and oxygen atoms in total. The molecule has 1 amide bonds. The summed E-state index contributed by atoms with van der Waals surface area (Å²) < 4.78 is 13.5. The molecule has 132 valence electrons. The van der Waals surface area contributed by atoms with Crippen molar-refractivity contribution >= 4 is 5.91 Å². The van der Waals surface area contributed by atoms with Gasteiger partial charge in [0.15, 0.2) is 6.29 Å². The van der Waals surface area contributed by atoms with Gasteiger partial charge in [-0.15, -0.1) is 0 Å². The van der Waals surface area contributed by atoms with Crippen molar-refractivity contribution in [2.45, 2.75) is 50.9 Å². The smallest absolute Gasteiger partial charge is 0.225 e. The quantitative estimate of drug-likeness (QED) is 0.855. The van der Waals surface area contributed by atoms with Crippen molar-refractivity contribution in [3.8, 4) is 0 Å². The van der Waals surface area contributed by atoms with Gasteiger partial charge in [0.25, 0.3) is 0 Å². The van der Waals surface area contributed by atoms with Gasteiger partial charge in [-0.25, -0.2) is 0 Å². The first kappa shape index (κ1) is 16.2. The molecule has 24 heavy (non-hydrogen) atoms. The average molecular weight is 332 g/mol. The Hall–Kier alpha value is -1.33. The predicted octanol–water partition coefficient (Wildman–Crippen LogP) is 2.83. The molecule has 1 aromatic rings. The van der Waals surface area contributed by atoms with E-state index in [1.807, 2.05) is 0 Å². The second-order valence-corrected chi connectivity index (χ2v) is 7.41. The maximum Gasteiger partial charge on any atom is 0.225 e. The van der Waals surface area contributed by atoms with Crippen LogP contribution in [0.5, 0.6) is 0 Å². The lowest BCUT2D eigenvalue weighted by atomic mass is 9.84. The van der Waals surface area contributed by atoms with Crippen molar-refractivity contribution in [3.05, 3.63) is 24.5 Å². The number of rotatable bonds is 3. The van der Waals surface area contributed by atoms with E-state index < -0.39 is 0 Å². The molecule has 0 spiro atoms. The SMILES string of the molecule is O=C(C1CCC(n2cccc2)CC1)N1CCC(C2OCCO2)CC1. The second kappa shape index (κ2) is 7.28. The van der Waals surface area contributed by atoms with Crippen molar-refractivity contribution in [3.63, 3.8) is 0 Å². The first-order valence-corrected chi connectivity index (χ1v) is 9.46. The molecule has 1 aliphatic carbocycles. The lowest BCUT2D eigenvalue weighted by molar-refractivity contribution is -0.142. The molecule has 2 saturated heterocycles. The van der Waals surface area contributed by atoms with Gasteiger partial charge in [-0.05, 0) is 50.7 Å².